The number of ketones is 1. The van der Waals surface area contributed by atoms with Crippen LogP contribution < -0.4 is 0 Å². The van der Waals surface area contributed by atoms with Gasteiger partial charge in [-0.1, -0.05) is 167 Å². The number of unbranched alkanes of at least 4 members (excludes halogenated alkanes) is 24. The molecule has 0 radical (unpaired) electrons. The van der Waals surface area contributed by atoms with E-state index in [1.165, 1.54) is 122 Å². The number of hydrogen-bond donors (Lipinski definition) is 3. The lowest BCUT2D eigenvalue weighted by molar-refractivity contribution is -0.156. The molecule has 0 fully saturated rings. The molecule has 0 aromatic carbocycles. The Morgan fingerprint density at radius 3 is 1.29 bits per heavy atom. The molecule has 0 aliphatic rings. The fourth-order valence-electron chi connectivity index (χ4n) is 5.80. The van der Waals surface area contributed by atoms with Crippen LogP contribution in [0.15, 0.2) is 12.2 Å². The topological polar surface area (TPSA) is 77.8 Å². The van der Waals surface area contributed by atoms with Crippen molar-refractivity contribution in [3.63, 3.8) is 0 Å². The van der Waals surface area contributed by atoms with E-state index in [9.17, 15) is 20.1 Å². The van der Waals surface area contributed by atoms with E-state index in [-0.39, 0.29) is 18.6 Å². The maximum Gasteiger partial charge on any atom is 0.167 e. The first-order valence-corrected chi connectivity index (χ1v) is 18.2. The van der Waals surface area contributed by atoms with Crippen molar-refractivity contribution in [2.45, 2.75) is 212 Å². The lowest BCUT2D eigenvalue weighted by atomic mass is 9.84. The van der Waals surface area contributed by atoms with E-state index in [4.69, 9.17) is 0 Å². The largest absolute Gasteiger partial charge is 0.394 e. The van der Waals surface area contributed by atoms with Crippen molar-refractivity contribution < 1.29 is 20.1 Å². The van der Waals surface area contributed by atoms with Crippen LogP contribution in [-0.4, -0.2) is 39.4 Å². The van der Waals surface area contributed by atoms with E-state index < -0.39 is 18.3 Å². The molecule has 41 heavy (non-hydrogen) atoms. The third-order valence-corrected chi connectivity index (χ3v) is 8.78. The Morgan fingerprint density at radius 2 is 0.902 bits per heavy atom. The van der Waals surface area contributed by atoms with Gasteiger partial charge >= 0.3 is 0 Å². The van der Waals surface area contributed by atoms with Crippen molar-refractivity contribution in [1.82, 2.24) is 0 Å². The van der Waals surface area contributed by atoms with E-state index in [0.717, 1.165) is 44.9 Å². The second-order valence-corrected chi connectivity index (χ2v) is 12.7. The van der Waals surface area contributed by atoms with E-state index >= 15 is 0 Å². The van der Waals surface area contributed by atoms with Crippen LogP contribution in [0, 0.1) is 0 Å². The highest BCUT2D eigenvalue weighted by atomic mass is 16.4. The first-order chi connectivity index (χ1) is 20.0. The average Bonchev–Trinajstić information content (AvgIpc) is 2.98. The molecule has 0 saturated carbocycles. The lowest BCUT2D eigenvalue weighted by Crippen LogP contribution is -2.51. The number of carbonyl (C=O) groups excluding carboxylic acids is 1. The van der Waals surface area contributed by atoms with Gasteiger partial charge < -0.3 is 15.3 Å². The van der Waals surface area contributed by atoms with Crippen LogP contribution in [0.4, 0.5) is 0 Å². The molecule has 2 atom stereocenters. The number of Topliss-reactive ketones (excluding diaryl/α,β-unsaturated/α-hetero) is 1. The summed E-state index contributed by atoms with van der Waals surface area (Å²) in [6.07, 6.45) is 36.9. The van der Waals surface area contributed by atoms with E-state index in [0.29, 0.717) is 6.42 Å². The Bertz CT molecular complexity index is 575. The van der Waals surface area contributed by atoms with Gasteiger partial charge in [-0.25, -0.2) is 0 Å². The molecule has 0 aliphatic heterocycles. The maximum atomic E-state index is 12.8. The SMILES string of the molecule is CCCCCCCCC=CCCCCCCCC(=O)C(O)(CCCCCCCCCCCCCCCC)C(O)CO. The zero-order valence-electron chi connectivity index (χ0n) is 27.7. The third-order valence-electron chi connectivity index (χ3n) is 8.78. The summed E-state index contributed by atoms with van der Waals surface area (Å²) in [4.78, 5) is 12.8. The number of carbonyl (C=O) groups is 1. The van der Waals surface area contributed by atoms with Gasteiger partial charge in [-0.2, -0.15) is 0 Å². The summed E-state index contributed by atoms with van der Waals surface area (Å²) in [7, 11) is 0. The van der Waals surface area contributed by atoms with Crippen LogP contribution in [0.25, 0.3) is 0 Å². The molecule has 0 aromatic rings. The number of aliphatic hydroxyl groups is 3. The van der Waals surface area contributed by atoms with Crippen LogP contribution in [0.5, 0.6) is 0 Å². The monoisotopic (exact) mass is 581 g/mol. The summed E-state index contributed by atoms with van der Waals surface area (Å²) in [6.45, 7) is 3.95. The number of allylic oxidation sites excluding steroid dienone is 2. The van der Waals surface area contributed by atoms with Gasteiger partial charge in [-0.15, -0.1) is 0 Å². The standard InChI is InChI=1S/C37H72O4/c1-3-5-7-9-11-13-15-17-19-20-22-24-26-28-30-32-35(39)37(41,36(40)34-38)33-31-29-27-25-23-21-18-16-14-12-10-8-6-4-2/h17,19,36,38,40-41H,3-16,18,20-34H2,1-2H3. The van der Waals surface area contributed by atoms with E-state index in [1.54, 1.807) is 0 Å². The highest BCUT2D eigenvalue weighted by Crippen LogP contribution is 2.25. The van der Waals surface area contributed by atoms with Crippen molar-refractivity contribution in [2.24, 2.45) is 0 Å². The summed E-state index contributed by atoms with van der Waals surface area (Å²) in [6, 6.07) is 0. The fourth-order valence-corrected chi connectivity index (χ4v) is 5.80. The summed E-state index contributed by atoms with van der Waals surface area (Å²) in [5.41, 5.74) is -1.80. The highest BCUT2D eigenvalue weighted by Gasteiger charge is 2.41. The molecule has 2 unspecified atom stereocenters. The molecule has 3 N–H and O–H groups in total. The molecule has 0 rings (SSSR count). The molecule has 0 amide bonds. The molecule has 244 valence electrons. The second kappa shape index (κ2) is 30.7. The van der Waals surface area contributed by atoms with Gasteiger partial charge in [0.2, 0.25) is 0 Å². The van der Waals surface area contributed by atoms with Crippen molar-refractivity contribution in [3.05, 3.63) is 12.2 Å². The first-order valence-electron chi connectivity index (χ1n) is 18.2. The minimum atomic E-state index is -1.80. The summed E-state index contributed by atoms with van der Waals surface area (Å²) >= 11 is 0. The van der Waals surface area contributed by atoms with Crippen LogP contribution in [0.3, 0.4) is 0 Å². The predicted octanol–water partition coefficient (Wildman–Crippen LogP) is 10.5. The quantitative estimate of drug-likeness (QED) is 0.0533. The molecule has 0 aliphatic carbocycles. The first kappa shape index (κ1) is 40.3. The van der Waals surface area contributed by atoms with Gasteiger partial charge in [0.1, 0.15) is 6.10 Å². The molecular formula is C37H72O4. The molecule has 0 bridgehead atoms. The second-order valence-electron chi connectivity index (χ2n) is 12.7. The van der Waals surface area contributed by atoms with Gasteiger partial charge in [-0.05, 0) is 38.5 Å². The Kier molecular flexibility index (Phi) is 30.2. The summed E-state index contributed by atoms with van der Waals surface area (Å²) < 4.78 is 0. The van der Waals surface area contributed by atoms with Crippen molar-refractivity contribution in [1.29, 1.82) is 0 Å². The number of hydrogen-bond acceptors (Lipinski definition) is 4. The van der Waals surface area contributed by atoms with Gasteiger partial charge in [0, 0.05) is 6.42 Å². The molecule has 0 aromatic heterocycles. The number of aliphatic hydroxyl groups excluding tert-OH is 2. The average molecular weight is 581 g/mol. The third kappa shape index (κ3) is 24.4. The smallest absolute Gasteiger partial charge is 0.167 e. The Morgan fingerprint density at radius 1 is 0.561 bits per heavy atom. The lowest BCUT2D eigenvalue weighted by Gasteiger charge is -2.31. The van der Waals surface area contributed by atoms with Crippen molar-refractivity contribution >= 4 is 5.78 Å². The molecule has 4 heteroatoms. The highest BCUT2D eigenvalue weighted by molar-refractivity contribution is 5.87. The van der Waals surface area contributed by atoms with Gasteiger partial charge in [0.05, 0.1) is 6.61 Å². The fraction of sp³-hybridized carbons (Fsp3) is 0.919. The van der Waals surface area contributed by atoms with Crippen LogP contribution in [-0.2, 0) is 4.79 Å². The Labute approximate surface area is 256 Å². The van der Waals surface area contributed by atoms with Crippen molar-refractivity contribution in [3.8, 4) is 0 Å². The van der Waals surface area contributed by atoms with Crippen molar-refractivity contribution in [2.75, 3.05) is 6.61 Å². The molecule has 0 heterocycles. The van der Waals surface area contributed by atoms with E-state index in [2.05, 4.69) is 26.0 Å². The normalized spacial score (nSPS) is 14.1. The zero-order chi connectivity index (χ0) is 30.3. The minimum absolute atomic E-state index is 0.247. The molecular weight excluding hydrogens is 508 g/mol. The summed E-state index contributed by atoms with van der Waals surface area (Å²) in [5.74, 6) is -0.300. The summed E-state index contributed by atoms with van der Waals surface area (Å²) in [5, 5.41) is 30.7. The van der Waals surface area contributed by atoms with E-state index in [1.807, 2.05) is 0 Å². The van der Waals surface area contributed by atoms with Crippen LogP contribution in [0.2, 0.25) is 0 Å². The molecule has 0 saturated heterocycles. The number of rotatable bonds is 33. The Hall–Kier alpha value is -0.710. The Balaban J connectivity index is 3.85. The molecule has 0 spiro atoms. The molecule has 4 nitrogen and oxygen atoms in total. The van der Waals surface area contributed by atoms with Gasteiger partial charge in [0.15, 0.2) is 11.4 Å². The van der Waals surface area contributed by atoms with Crippen LogP contribution >= 0.6 is 0 Å². The maximum absolute atomic E-state index is 12.8. The van der Waals surface area contributed by atoms with Crippen LogP contribution in [0.1, 0.15) is 200 Å². The minimum Gasteiger partial charge on any atom is -0.394 e. The van der Waals surface area contributed by atoms with Gasteiger partial charge in [0.25, 0.3) is 0 Å². The predicted molar refractivity (Wildman–Crippen MR) is 177 cm³/mol. The zero-order valence-corrected chi connectivity index (χ0v) is 27.7. The van der Waals surface area contributed by atoms with Gasteiger partial charge in [-0.3, -0.25) is 4.79 Å².